The SMILES string of the molecule is CCc1cccc(S(=O)(=O)NC(CCO)C(C)C)c1. The minimum absolute atomic E-state index is 0.0274. The molecule has 0 radical (unpaired) electrons. The summed E-state index contributed by atoms with van der Waals surface area (Å²) in [6.45, 7) is 5.83. The summed E-state index contributed by atoms with van der Waals surface area (Å²) in [5.74, 6) is 0.135. The average molecular weight is 285 g/mol. The monoisotopic (exact) mass is 285 g/mol. The van der Waals surface area contributed by atoms with Crippen LogP contribution in [0.1, 0.15) is 32.8 Å². The number of aryl methyl sites for hydroxylation is 1. The van der Waals surface area contributed by atoms with E-state index in [1.54, 1.807) is 18.2 Å². The number of nitrogens with one attached hydrogen (secondary N) is 1. The summed E-state index contributed by atoms with van der Waals surface area (Å²) in [6.07, 6.45) is 1.22. The molecular formula is C14H23NO3S. The molecule has 0 aliphatic carbocycles. The molecule has 19 heavy (non-hydrogen) atoms. The van der Waals surface area contributed by atoms with E-state index in [0.29, 0.717) is 6.42 Å². The van der Waals surface area contributed by atoms with Crippen molar-refractivity contribution < 1.29 is 13.5 Å². The highest BCUT2D eigenvalue weighted by Gasteiger charge is 2.22. The van der Waals surface area contributed by atoms with Crippen LogP contribution in [0.4, 0.5) is 0 Å². The van der Waals surface area contributed by atoms with Gasteiger partial charge in [0.2, 0.25) is 10.0 Å². The number of hydrogen-bond acceptors (Lipinski definition) is 3. The van der Waals surface area contributed by atoms with Gasteiger partial charge in [-0.2, -0.15) is 0 Å². The van der Waals surface area contributed by atoms with Gasteiger partial charge in [-0.1, -0.05) is 32.9 Å². The first-order valence-electron chi connectivity index (χ1n) is 6.62. The van der Waals surface area contributed by atoms with Crippen LogP contribution in [0.25, 0.3) is 0 Å². The third-order valence-corrected chi connectivity index (χ3v) is 4.66. The molecule has 0 saturated heterocycles. The second-order valence-electron chi connectivity index (χ2n) is 4.99. The first kappa shape index (κ1) is 16.1. The smallest absolute Gasteiger partial charge is 0.240 e. The molecule has 0 heterocycles. The predicted octanol–water partition coefficient (Wildman–Crippen LogP) is 1.93. The van der Waals surface area contributed by atoms with Crippen molar-refractivity contribution in [2.45, 2.75) is 44.6 Å². The van der Waals surface area contributed by atoms with E-state index in [1.807, 2.05) is 26.8 Å². The zero-order valence-corrected chi connectivity index (χ0v) is 12.6. The van der Waals surface area contributed by atoms with E-state index in [4.69, 9.17) is 5.11 Å². The van der Waals surface area contributed by atoms with Gasteiger partial charge < -0.3 is 5.11 Å². The van der Waals surface area contributed by atoms with Crippen LogP contribution < -0.4 is 4.72 Å². The fraction of sp³-hybridized carbons (Fsp3) is 0.571. The number of aliphatic hydroxyl groups excluding tert-OH is 1. The highest BCUT2D eigenvalue weighted by atomic mass is 32.2. The number of aliphatic hydroxyl groups is 1. The molecule has 108 valence electrons. The van der Waals surface area contributed by atoms with Crippen molar-refractivity contribution in [3.05, 3.63) is 29.8 Å². The molecule has 0 aliphatic heterocycles. The molecule has 0 bridgehead atoms. The Morgan fingerprint density at radius 2 is 2.00 bits per heavy atom. The van der Waals surface area contributed by atoms with Crippen LogP contribution in [-0.4, -0.2) is 26.2 Å². The van der Waals surface area contributed by atoms with Crippen molar-refractivity contribution in [2.75, 3.05) is 6.61 Å². The standard InChI is InChI=1S/C14H23NO3S/c1-4-12-6-5-7-13(10-12)19(17,18)15-14(8-9-16)11(2)3/h5-7,10-11,14-16H,4,8-9H2,1-3H3. The quantitative estimate of drug-likeness (QED) is 0.804. The van der Waals surface area contributed by atoms with Gasteiger partial charge in [0.05, 0.1) is 4.90 Å². The lowest BCUT2D eigenvalue weighted by molar-refractivity contribution is 0.256. The molecule has 1 atom stereocenters. The van der Waals surface area contributed by atoms with E-state index in [1.165, 1.54) is 0 Å². The lowest BCUT2D eigenvalue weighted by Crippen LogP contribution is -2.39. The minimum atomic E-state index is -3.52. The van der Waals surface area contributed by atoms with Gasteiger partial charge in [-0.3, -0.25) is 0 Å². The normalized spacial score (nSPS) is 13.7. The average Bonchev–Trinajstić information content (AvgIpc) is 2.38. The molecule has 0 aliphatic rings. The molecule has 1 rings (SSSR count). The predicted molar refractivity (Wildman–Crippen MR) is 76.5 cm³/mol. The van der Waals surface area contributed by atoms with Crippen molar-refractivity contribution in [3.63, 3.8) is 0 Å². The van der Waals surface area contributed by atoms with Gasteiger partial charge in [0, 0.05) is 12.6 Å². The van der Waals surface area contributed by atoms with E-state index in [9.17, 15) is 8.42 Å². The van der Waals surface area contributed by atoms with Gasteiger partial charge in [-0.25, -0.2) is 13.1 Å². The van der Waals surface area contributed by atoms with Crippen molar-refractivity contribution in [3.8, 4) is 0 Å². The van der Waals surface area contributed by atoms with Gasteiger partial charge in [-0.15, -0.1) is 0 Å². The van der Waals surface area contributed by atoms with Crippen molar-refractivity contribution in [1.29, 1.82) is 0 Å². The Balaban J connectivity index is 2.96. The number of hydrogen-bond donors (Lipinski definition) is 2. The van der Waals surface area contributed by atoms with E-state index in [2.05, 4.69) is 4.72 Å². The third kappa shape index (κ3) is 4.60. The van der Waals surface area contributed by atoms with Gasteiger partial charge in [-0.05, 0) is 36.5 Å². The first-order chi connectivity index (χ1) is 8.90. The lowest BCUT2D eigenvalue weighted by Gasteiger charge is -2.21. The summed E-state index contributed by atoms with van der Waals surface area (Å²) < 4.78 is 27.3. The Morgan fingerprint density at radius 1 is 1.32 bits per heavy atom. The second kappa shape index (κ2) is 7.03. The van der Waals surface area contributed by atoms with Gasteiger partial charge in [0.25, 0.3) is 0 Å². The van der Waals surface area contributed by atoms with E-state index < -0.39 is 10.0 Å². The summed E-state index contributed by atoms with van der Waals surface area (Å²) in [5.41, 5.74) is 0.992. The molecule has 0 spiro atoms. The zero-order chi connectivity index (χ0) is 14.5. The second-order valence-corrected chi connectivity index (χ2v) is 6.70. The number of sulfonamides is 1. The van der Waals surface area contributed by atoms with Crippen molar-refractivity contribution in [2.24, 2.45) is 5.92 Å². The van der Waals surface area contributed by atoms with E-state index >= 15 is 0 Å². The summed E-state index contributed by atoms with van der Waals surface area (Å²) in [6, 6.07) is 6.70. The molecule has 1 aromatic carbocycles. The van der Waals surface area contributed by atoms with Crippen LogP contribution in [0.15, 0.2) is 29.2 Å². The Bertz CT molecular complexity index is 497. The molecule has 4 nitrogen and oxygen atoms in total. The fourth-order valence-electron chi connectivity index (χ4n) is 1.87. The lowest BCUT2D eigenvalue weighted by atomic mass is 10.0. The molecule has 1 aromatic rings. The summed E-state index contributed by atoms with van der Waals surface area (Å²) in [5, 5.41) is 9.00. The highest BCUT2D eigenvalue weighted by molar-refractivity contribution is 7.89. The van der Waals surface area contributed by atoms with Crippen LogP contribution in [0.2, 0.25) is 0 Å². The molecule has 0 fully saturated rings. The summed E-state index contributed by atoms with van der Waals surface area (Å²) in [4.78, 5) is 0.287. The Morgan fingerprint density at radius 3 is 2.53 bits per heavy atom. The largest absolute Gasteiger partial charge is 0.396 e. The Labute approximate surface area is 115 Å². The number of benzene rings is 1. The van der Waals surface area contributed by atoms with E-state index in [0.717, 1.165) is 12.0 Å². The van der Waals surface area contributed by atoms with Gasteiger partial charge >= 0.3 is 0 Å². The van der Waals surface area contributed by atoms with Crippen LogP contribution in [0.5, 0.6) is 0 Å². The highest BCUT2D eigenvalue weighted by Crippen LogP contribution is 2.15. The van der Waals surface area contributed by atoms with Gasteiger partial charge in [0.1, 0.15) is 0 Å². The Kier molecular flexibility index (Phi) is 5.97. The molecule has 0 aromatic heterocycles. The van der Waals surface area contributed by atoms with Crippen LogP contribution in [0, 0.1) is 5.92 Å². The molecular weight excluding hydrogens is 262 g/mol. The van der Waals surface area contributed by atoms with Crippen molar-refractivity contribution >= 4 is 10.0 Å². The van der Waals surface area contributed by atoms with Gasteiger partial charge in [0.15, 0.2) is 0 Å². The molecule has 1 unspecified atom stereocenters. The Hall–Kier alpha value is -0.910. The summed E-state index contributed by atoms with van der Waals surface area (Å²) in [7, 11) is -3.52. The molecule has 2 N–H and O–H groups in total. The van der Waals surface area contributed by atoms with Crippen LogP contribution in [-0.2, 0) is 16.4 Å². The zero-order valence-electron chi connectivity index (χ0n) is 11.8. The van der Waals surface area contributed by atoms with Crippen molar-refractivity contribution in [1.82, 2.24) is 4.72 Å². The number of rotatable bonds is 7. The molecule has 0 saturated carbocycles. The van der Waals surface area contributed by atoms with E-state index in [-0.39, 0.29) is 23.5 Å². The molecule has 5 heteroatoms. The first-order valence-corrected chi connectivity index (χ1v) is 8.11. The van der Waals surface area contributed by atoms with Crippen LogP contribution >= 0.6 is 0 Å². The van der Waals surface area contributed by atoms with Crippen LogP contribution in [0.3, 0.4) is 0 Å². The third-order valence-electron chi connectivity index (χ3n) is 3.17. The molecule has 0 amide bonds. The fourth-order valence-corrected chi connectivity index (χ4v) is 3.36. The summed E-state index contributed by atoms with van der Waals surface area (Å²) >= 11 is 0. The maximum Gasteiger partial charge on any atom is 0.240 e. The maximum atomic E-state index is 12.3. The maximum absolute atomic E-state index is 12.3. The topological polar surface area (TPSA) is 66.4 Å². The minimum Gasteiger partial charge on any atom is -0.396 e.